The molecule has 0 saturated carbocycles. The van der Waals surface area contributed by atoms with Crippen LogP contribution in [-0.4, -0.2) is 23.3 Å². The molecule has 0 spiro atoms. The summed E-state index contributed by atoms with van der Waals surface area (Å²) in [7, 11) is 0. The Morgan fingerprint density at radius 2 is 2.25 bits per heavy atom. The van der Waals surface area contributed by atoms with E-state index < -0.39 is 12.0 Å². The molecular formula is C10H9ClKNO3. The molecule has 0 aliphatic carbocycles. The number of rotatable bonds is 3. The van der Waals surface area contributed by atoms with E-state index in [9.17, 15) is 9.90 Å². The molecule has 6 heteroatoms. The van der Waals surface area contributed by atoms with Gasteiger partial charge in [0.2, 0.25) is 0 Å². The van der Waals surface area contributed by atoms with E-state index >= 15 is 0 Å². The summed E-state index contributed by atoms with van der Waals surface area (Å²) >= 11 is 5.68. The van der Waals surface area contributed by atoms with Crippen LogP contribution in [-0.2, 0) is 4.79 Å². The van der Waals surface area contributed by atoms with E-state index in [1.807, 2.05) is 0 Å². The summed E-state index contributed by atoms with van der Waals surface area (Å²) < 4.78 is 0. The molecule has 0 unspecified atom stereocenters. The van der Waals surface area contributed by atoms with E-state index in [0.29, 0.717) is 5.02 Å². The number of hydrogen-bond donors (Lipinski definition) is 1. The topological polar surface area (TPSA) is 72.7 Å². The fourth-order valence-electron chi connectivity index (χ4n) is 0.876. The second-order valence-electron chi connectivity index (χ2n) is 2.97. The second-order valence-corrected chi connectivity index (χ2v) is 3.41. The molecule has 1 rings (SSSR count). The third-order valence-electron chi connectivity index (χ3n) is 1.77. The SMILES string of the molecule is C[C@H](N=Cc1cc(Cl)ccc1[O-])C(=O)O.[K+]. The molecule has 1 atom stereocenters. The average molecular weight is 266 g/mol. The van der Waals surface area contributed by atoms with Crippen LogP contribution in [0.25, 0.3) is 0 Å². The van der Waals surface area contributed by atoms with Crippen LogP contribution in [0.3, 0.4) is 0 Å². The van der Waals surface area contributed by atoms with E-state index in [2.05, 4.69) is 4.99 Å². The van der Waals surface area contributed by atoms with Crippen LogP contribution in [0.2, 0.25) is 5.02 Å². The summed E-state index contributed by atoms with van der Waals surface area (Å²) in [6.45, 7) is 1.42. The Bertz CT molecular complexity index is 409. The molecule has 0 radical (unpaired) electrons. The molecule has 1 aromatic carbocycles. The molecule has 1 N–H and O–H groups in total. The number of aliphatic imine (C=N–C) groups is 1. The number of carboxylic acids is 1. The van der Waals surface area contributed by atoms with Gasteiger partial charge < -0.3 is 10.2 Å². The van der Waals surface area contributed by atoms with Gasteiger partial charge in [0.1, 0.15) is 6.04 Å². The van der Waals surface area contributed by atoms with Crippen molar-refractivity contribution in [2.75, 3.05) is 0 Å². The van der Waals surface area contributed by atoms with Gasteiger partial charge in [-0.15, -0.1) is 0 Å². The average Bonchev–Trinajstić information content (AvgIpc) is 2.18. The van der Waals surface area contributed by atoms with E-state index in [4.69, 9.17) is 16.7 Å². The van der Waals surface area contributed by atoms with Crippen molar-refractivity contribution < 1.29 is 66.4 Å². The standard InChI is InChI=1S/C10H10ClNO3.K/c1-6(10(14)15)12-5-7-4-8(11)2-3-9(7)13;/h2-6,13H,1H3,(H,14,15);/q;+1/p-1/t6-;/m0./s1. The van der Waals surface area contributed by atoms with Crippen molar-refractivity contribution in [1.29, 1.82) is 0 Å². The minimum atomic E-state index is -1.04. The van der Waals surface area contributed by atoms with Gasteiger partial charge in [0, 0.05) is 11.2 Å². The molecule has 0 fully saturated rings. The molecule has 0 aliphatic rings. The van der Waals surface area contributed by atoms with Crippen molar-refractivity contribution in [3.8, 4) is 5.75 Å². The van der Waals surface area contributed by atoms with Crippen LogP contribution in [0.5, 0.6) is 5.75 Å². The Hall–Kier alpha value is 0.0864. The number of carboxylic acid groups (broad SMARTS) is 1. The minimum Gasteiger partial charge on any atom is -0.872 e. The summed E-state index contributed by atoms with van der Waals surface area (Å²) in [4.78, 5) is 14.2. The summed E-state index contributed by atoms with van der Waals surface area (Å²) in [5, 5.41) is 20.2. The Kier molecular flexibility index (Phi) is 7.46. The fraction of sp³-hybridized carbons (Fsp3) is 0.200. The number of aliphatic carboxylic acids is 1. The zero-order valence-electron chi connectivity index (χ0n) is 8.98. The van der Waals surface area contributed by atoms with Crippen molar-refractivity contribution in [2.24, 2.45) is 4.99 Å². The minimum absolute atomic E-state index is 0. The van der Waals surface area contributed by atoms with Gasteiger partial charge in [0.25, 0.3) is 0 Å². The van der Waals surface area contributed by atoms with Gasteiger partial charge in [-0.2, -0.15) is 0 Å². The molecule has 4 nitrogen and oxygen atoms in total. The quantitative estimate of drug-likeness (QED) is 0.524. The second kappa shape index (κ2) is 7.42. The van der Waals surface area contributed by atoms with Gasteiger partial charge in [-0.3, -0.25) is 4.99 Å². The van der Waals surface area contributed by atoms with Crippen molar-refractivity contribution in [3.63, 3.8) is 0 Å². The van der Waals surface area contributed by atoms with Crippen molar-refractivity contribution in [1.82, 2.24) is 0 Å². The largest absolute Gasteiger partial charge is 1.00 e. The predicted molar refractivity (Wildman–Crippen MR) is 55.6 cm³/mol. The summed E-state index contributed by atoms with van der Waals surface area (Å²) in [6, 6.07) is 3.36. The van der Waals surface area contributed by atoms with Crippen LogP contribution in [0.1, 0.15) is 12.5 Å². The Balaban J connectivity index is 0.00000225. The number of hydrogen-bond acceptors (Lipinski definition) is 3. The Morgan fingerprint density at radius 3 is 2.81 bits per heavy atom. The molecule has 0 aliphatic heterocycles. The van der Waals surface area contributed by atoms with Gasteiger partial charge >= 0.3 is 57.4 Å². The van der Waals surface area contributed by atoms with Gasteiger partial charge in [-0.05, 0) is 24.6 Å². The number of benzene rings is 1. The molecule has 0 aromatic heterocycles. The summed E-state index contributed by atoms with van der Waals surface area (Å²) in [6.07, 6.45) is 1.23. The van der Waals surface area contributed by atoms with Crippen LogP contribution in [0.4, 0.5) is 0 Å². The molecule has 80 valence electrons. The predicted octanol–water partition coefficient (Wildman–Crippen LogP) is -1.69. The van der Waals surface area contributed by atoms with Crippen LogP contribution < -0.4 is 56.5 Å². The first-order chi connectivity index (χ1) is 7.00. The van der Waals surface area contributed by atoms with E-state index in [-0.39, 0.29) is 62.7 Å². The smallest absolute Gasteiger partial charge is 0.872 e. The Morgan fingerprint density at radius 1 is 1.62 bits per heavy atom. The molecule has 0 saturated heterocycles. The summed E-state index contributed by atoms with van der Waals surface area (Å²) in [5.74, 6) is -1.28. The molecular weight excluding hydrogens is 257 g/mol. The normalized spacial score (nSPS) is 12.1. The third-order valence-corrected chi connectivity index (χ3v) is 2.00. The molecule has 1 aromatic rings. The molecule has 0 heterocycles. The van der Waals surface area contributed by atoms with Gasteiger partial charge in [0.05, 0.1) is 0 Å². The Labute approximate surface area is 141 Å². The third kappa shape index (κ3) is 4.95. The van der Waals surface area contributed by atoms with Gasteiger partial charge in [-0.1, -0.05) is 23.4 Å². The molecule has 16 heavy (non-hydrogen) atoms. The van der Waals surface area contributed by atoms with Crippen LogP contribution in [0.15, 0.2) is 23.2 Å². The zero-order chi connectivity index (χ0) is 11.4. The monoisotopic (exact) mass is 265 g/mol. The fourth-order valence-corrected chi connectivity index (χ4v) is 1.06. The molecule has 0 bridgehead atoms. The van der Waals surface area contributed by atoms with Crippen molar-refractivity contribution in [3.05, 3.63) is 28.8 Å². The van der Waals surface area contributed by atoms with Crippen LogP contribution in [0, 0.1) is 0 Å². The zero-order valence-corrected chi connectivity index (χ0v) is 12.9. The molecule has 0 amide bonds. The van der Waals surface area contributed by atoms with Crippen LogP contribution >= 0.6 is 11.6 Å². The van der Waals surface area contributed by atoms with E-state index in [1.165, 1.54) is 31.3 Å². The first kappa shape index (κ1) is 16.1. The number of nitrogens with zero attached hydrogens (tertiary/aromatic N) is 1. The first-order valence-electron chi connectivity index (χ1n) is 4.23. The first-order valence-corrected chi connectivity index (χ1v) is 4.61. The number of halogens is 1. The van der Waals surface area contributed by atoms with Crippen molar-refractivity contribution in [2.45, 2.75) is 13.0 Å². The maximum atomic E-state index is 11.3. The van der Waals surface area contributed by atoms with E-state index in [1.54, 1.807) is 0 Å². The van der Waals surface area contributed by atoms with Gasteiger partial charge in [0.15, 0.2) is 0 Å². The maximum Gasteiger partial charge on any atom is 1.00 e. The number of carbonyl (C=O) groups is 1. The maximum absolute atomic E-state index is 11.3. The van der Waals surface area contributed by atoms with Gasteiger partial charge in [-0.25, -0.2) is 4.79 Å². The summed E-state index contributed by atoms with van der Waals surface area (Å²) in [5.41, 5.74) is 0.288. The van der Waals surface area contributed by atoms with Crippen molar-refractivity contribution >= 4 is 23.8 Å². The van der Waals surface area contributed by atoms with E-state index in [0.717, 1.165) is 0 Å².